The first-order valence-corrected chi connectivity index (χ1v) is 8.31. The summed E-state index contributed by atoms with van der Waals surface area (Å²) in [4.78, 5) is 22.1. The molecular weight excluding hydrogens is 339 g/mol. The molecule has 26 heavy (non-hydrogen) atoms. The predicted molar refractivity (Wildman–Crippen MR) is 90.4 cm³/mol. The molecule has 0 N–H and O–H groups in total. The fourth-order valence-electron chi connectivity index (χ4n) is 2.37. The van der Waals surface area contributed by atoms with E-state index in [0.29, 0.717) is 36.2 Å². The van der Waals surface area contributed by atoms with Gasteiger partial charge >= 0.3 is 0 Å². The maximum Gasteiger partial charge on any atom is 0.246 e. The number of hydrogen-bond acceptors (Lipinski definition) is 6. The summed E-state index contributed by atoms with van der Waals surface area (Å²) in [6, 6.07) is 5.95. The maximum absolute atomic E-state index is 13.0. The Morgan fingerprint density at radius 3 is 2.69 bits per heavy atom. The minimum Gasteiger partial charge on any atom is -0.441 e. The van der Waals surface area contributed by atoms with Crippen molar-refractivity contribution in [1.82, 2.24) is 20.0 Å². The number of carbonyl (C=O) groups is 1. The molecule has 0 fully saturated rings. The van der Waals surface area contributed by atoms with E-state index in [2.05, 4.69) is 15.1 Å². The molecular formula is C18H19FN4O3. The molecule has 0 aliphatic carbocycles. The second-order valence-corrected chi connectivity index (χ2v) is 5.83. The monoisotopic (exact) mass is 358 g/mol. The second-order valence-electron chi connectivity index (χ2n) is 5.83. The molecule has 1 amide bonds. The van der Waals surface area contributed by atoms with Gasteiger partial charge in [0.15, 0.2) is 17.5 Å². The second kappa shape index (κ2) is 7.90. The van der Waals surface area contributed by atoms with Gasteiger partial charge in [0.25, 0.3) is 0 Å². The first-order valence-electron chi connectivity index (χ1n) is 8.31. The summed E-state index contributed by atoms with van der Waals surface area (Å²) in [7, 11) is 1.68. The number of halogens is 1. The third-order valence-electron chi connectivity index (χ3n) is 3.86. The van der Waals surface area contributed by atoms with Gasteiger partial charge in [0.05, 0.1) is 12.7 Å². The molecule has 136 valence electrons. The van der Waals surface area contributed by atoms with Crippen LogP contribution in [0.5, 0.6) is 0 Å². The van der Waals surface area contributed by atoms with Crippen LogP contribution in [-0.2, 0) is 24.2 Å². The van der Waals surface area contributed by atoms with Gasteiger partial charge in [-0.05, 0) is 24.3 Å². The van der Waals surface area contributed by atoms with Gasteiger partial charge in [0.1, 0.15) is 5.82 Å². The molecule has 0 saturated carbocycles. The third kappa shape index (κ3) is 4.33. The van der Waals surface area contributed by atoms with Gasteiger partial charge in [-0.3, -0.25) is 4.79 Å². The molecule has 3 rings (SSSR count). The van der Waals surface area contributed by atoms with Gasteiger partial charge < -0.3 is 13.8 Å². The predicted octanol–water partition coefficient (Wildman–Crippen LogP) is 3.02. The molecule has 0 aliphatic rings. The van der Waals surface area contributed by atoms with E-state index in [4.69, 9.17) is 8.94 Å². The number of amides is 1. The van der Waals surface area contributed by atoms with E-state index >= 15 is 0 Å². The maximum atomic E-state index is 13.0. The summed E-state index contributed by atoms with van der Waals surface area (Å²) < 4.78 is 23.7. The van der Waals surface area contributed by atoms with Crippen LogP contribution in [0.2, 0.25) is 0 Å². The highest BCUT2D eigenvalue weighted by Gasteiger charge is 2.15. The summed E-state index contributed by atoms with van der Waals surface area (Å²) in [5.41, 5.74) is 0.733. The Kier molecular flexibility index (Phi) is 5.40. The van der Waals surface area contributed by atoms with Crippen LogP contribution >= 0.6 is 0 Å². The number of carbonyl (C=O) groups excluding carboxylic acids is 1. The average molecular weight is 358 g/mol. The summed E-state index contributed by atoms with van der Waals surface area (Å²) in [5, 5.41) is 3.81. The number of nitrogens with zero attached hydrogens (tertiary/aromatic N) is 4. The average Bonchev–Trinajstić information content (AvgIpc) is 3.29. The molecule has 0 atom stereocenters. The molecule has 8 heteroatoms. The Labute approximate surface area is 149 Å². The Hall–Kier alpha value is -3.03. The third-order valence-corrected chi connectivity index (χ3v) is 3.86. The van der Waals surface area contributed by atoms with Crippen molar-refractivity contribution in [2.45, 2.75) is 32.7 Å². The van der Waals surface area contributed by atoms with Crippen molar-refractivity contribution < 1.29 is 18.1 Å². The molecule has 0 spiro atoms. The van der Waals surface area contributed by atoms with E-state index in [1.165, 1.54) is 17.0 Å². The van der Waals surface area contributed by atoms with Gasteiger partial charge in [0.2, 0.25) is 11.8 Å². The van der Waals surface area contributed by atoms with E-state index in [1.54, 1.807) is 25.4 Å². The molecule has 3 aromatic rings. The fourth-order valence-corrected chi connectivity index (χ4v) is 2.37. The van der Waals surface area contributed by atoms with E-state index in [-0.39, 0.29) is 24.7 Å². The Bertz CT molecular complexity index is 873. The van der Waals surface area contributed by atoms with Crippen LogP contribution in [0.1, 0.15) is 31.0 Å². The normalized spacial score (nSPS) is 10.9. The zero-order chi connectivity index (χ0) is 18.5. The summed E-state index contributed by atoms with van der Waals surface area (Å²) in [6.45, 7) is 2.19. The molecule has 2 heterocycles. The smallest absolute Gasteiger partial charge is 0.246 e. The number of aromatic nitrogens is 3. The standard InChI is InChI=1S/C18H19FN4O3/c1-3-15-21-17(26-22-15)11-23(2)18(24)9-8-16-20-10-14(25-16)12-4-6-13(19)7-5-12/h4-7,10H,3,8-9,11H2,1-2H3. The van der Waals surface area contributed by atoms with Crippen molar-refractivity contribution in [3.05, 3.63) is 53.9 Å². The zero-order valence-corrected chi connectivity index (χ0v) is 14.6. The van der Waals surface area contributed by atoms with Crippen LogP contribution < -0.4 is 0 Å². The van der Waals surface area contributed by atoms with Gasteiger partial charge in [0, 0.05) is 31.9 Å². The van der Waals surface area contributed by atoms with Gasteiger partial charge in [-0.25, -0.2) is 9.37 Å². The molecule has 0 bridgehead atoms. The Morgan fingerprint density at radius 2 is 2.00 bits per heavy atom. The van der Waals surface area contributed by atoms with E-state index < -0.39 is 0 Å². The Morgan fingerprint density at radius 1 is 1.23 bits per heavy atom. The number of hydrogen-bond donors (Lipinski definition) is 0. The quantitative estimate of drug-likeness (QED) is 0.645. The molecule has 2 aromatic heterocycles. The van der Waals surface area contributed by atoms with Crippen molar-refractivity contribution in [3.63, 3.8) is 0 Å². The lowest BCUT2D eigenvalue weighted by molar-refractivity contribution is -0.130. The van der Waals surface area contributed by atoms with Crippen LogP contribution in [-0.4, -0.2) is 33.0 Å². The molecule has 0 saturated heterocycles. The highest BCUT2D eigenvalue weighted by Crippen LogP contribution is 2.21. The molecule has 1 aromatic carbocycles. The van der Waals surface area contributed by atoms with Crippen molar-refractivity contribution in [2.24, 2.45) is 0 Å². The first kappa shape index (κ1) is 17.8. The lowest BCUT2D eigenvalue weighted by atomic mass is 10.2. The van der Waals surface area contributed by atoms with Crippen LogP contribution in [0.4, 0.5) is 4.39 Å². The number of rotatable bonds is 7. The van der Waals surface area contributed by atoms with Crippen molar-refractivity contribution in [3.8, 4) is 11.3 Å². The number of aryl methyl sites for hydroxylation is 2. The lowest BCUT2D eigenvalue weighted by Crippen LogP contribution is -2.26. The zero-order valence-electron chi connectivity index (χ0n) is 14.6. The molecule has 0 radical (unpaired) electrons. The SMILES string of the molecule is CCc1noc(CN(C)C(=O)CCc2ncc(-c3ccc(F)cc3)o2)n1. The molecule has 0 aliphatic heterocycles. The minimum atomic E-state index is -0.311. The minimum absolute atomic E-state index is 0.0808. The highest BCUT2D eigenvalue weighted by molar-refractivity contribution is 5.75. The molecule has 0 unspecified atom stereocenters. The largest absolute Gasteiger partial charge is 0.441 e. The topological polar surface area (TPSA) is 85.3 Å². The number of oxazole rings is 1. The van der Waals surface area contributed by atoms with Crippen molar-refractivity contribution >= 4 is 5.91 Å². The summed E-state index contributed by atoms with van der Waals surface area (Å²) in [6.07, 6.45) is 2.87. The van der Waals surface area contributed by atoms with Crippen LogP contribution in [0.3, 0.4) is 0 Å². The van der Waals surface area contributed by atoms with Gasteiger partial charge in [-0.15, -0.1) is 0 Å². The summed E-state index contributed by atoms with van der Waals surface area (Å²) >= 11 is 0. The van der Waals surface area contributed by atoms with E-state index in [9.17, 15) is 9.18 Å². The van der Waals surface area contributed by atoms with Crippen LogP contribution in [0, 0.1) is 5.82 Å². The number of benzene rings is 1. The van der Waals surface area contributed by atoms with E-state index in [0.717, 1.165) is 5.56 Å². The van der Waals surface area contributed by atoms with Crippen molar-refractivity contribution in [1.29, 1.82) is 0 Å². The fraction of sp³-hybridized carbons (Fsp3) is 0.333. The van der Waals surface area contributed by atoms with Crippen LogP contribution in [0.25, 0.3) is 11.3 Å². The Balaban J connectivity index is 1.53. The van der Waals surface area contributed by atoms with Gasteiger partial charge in [-0.2, -0.15) is 4.98 Å². The summed E-state index contributed by atoms with van der Waals surface area (Å²) in [5.74, 6) is 1.63. The first-order chi connectivity index (χ1) is 12.5. The van der Waals surface area contributed by atoms with Gasteiger partial charge in [-0.1, -0.05) is 12.1 Å². The molecule has 7 nitrogen and oxygen atoms in total. The lowest BCUT2D eigenvalue weighted by Gasteiger charge is -2.13. The highest BCUT2D eigenvalue weighted by atomic mass is 19.1. The van der Waals surface area contributed by atoms with Crippen LogP contribution in [0.15, 0.2) is 39.4 Å². The van der Waals surface area contributed by atoms with E-state index in [1.807, 2.05) is 6.92 Å². The van der Waals surface area contributed by atoms with Crippen molar-refractivity contribution in [2.75, 3.05) is 7.05 Å².